The quantitative estimate of drug-likeness (QED) is 0.621. The Morgan fingerprint density at radius 3 is 1.54 bits per heavy atom. The lowest BCUT2D eigenvalue weighted by molar-refractivity contribution is 0.345. The maximum atomic E-state index is 4.90. The van der Waals surface area contributed by atoms with Gasteiger partial charge in [-0.05, 0) is 52.9 Å². The topological polar surface area (TPSA) is 58.7 Å². The van der Waals surface area contributed by atoms with E-state index in [9.17, 15) is 0 Å². The first-order valence-corrected chi connectivity index (χ1v) is 10.9. The molecule has 0 bridgehead atoms. The lowest BCUT2D eigenvalue weighted by Gasteiger charge is -2.04. The van der Waals surface area contributed by atoms with Gasteiger partial charge in [-0.25, -0.2) is 0 Å². The average Bonchev–Trinajstić information content (AvgIpc) is 3.31. The fraction of sp³-hybridized carbons (Fsp3) is 0.800. The fourth-order valence-corrected chi connectivity index (χ4v) is 3.29. The van der Waals surface area contributed by atoms with E-state index in [1.807, 2.05) is 18.7 Å². The van der Waals surface area contributed by atoms with Crippen LogP contribution in [0.4, 0.5) is 0 Å². The van der Waals surface area contributed by atoms with Crippen molar-refractivity contribution >= 4 is 34.8 Å². The van der Waals surface area contributed by atoms with E-state index in [-0.39, 0.29) is 0 Å². The van der Waals surface area contributed by atoms with E-state index in [1.54, 1.807) is 0 Å². The van der Waals surface area contributed by atoms with Crippen molar-refractivity contribution in [1.29, 1.82) is 0 Å². The summed E-state index contributed by atoms with van der Waals surface area (Å²) in [5.41, 5.74) is 3.97. The Hall–Kier alpha value is -1.17. The van der Waals surface area contributed by atoms with Gasteiger partial charge in [-0.15, -0.1) is 0 Å². The van der Waals surface area contributed by atoms with Gasteiger partial charge in [-0.1, -0.05) is 0 Å². The molecule has 4 aliphatic rings. The van der Waals surface area contributed by atoms with Crippen molar-refractivity contribution in [1.82, 2.24) is 0 Å². The van der Waals surface area contributed by atoms with E-state index in [2.05, 4.69) is 40.7 Å². The van der Waals surface area contributed by atoms with Crippen LogP contribution < -0.4 is 0 Å². The SMILES string of the molecule is CC1=NCCC1.CC1=NCCCC1.CC1=NCCO1.CC1=NCCSC1. The molecule has 148 valence electrons. The van der Waals surface area contributed by atoms with Crippen molar-refractivity contribution in [3.8, 4) is 0 Å². The summed E-state index contributed by atoms with van der Waals surface area (Å²) in [5.74, 6) is 3.20. The molecule has 0 amide bonds. The van der Waals surface area contributed by atoms with E-state index >= 15 is 0 Å². The number of hydrogen-bond donors (Lipinski definition) is 0. The molecule has 4 rings (SSSR count). The monoisotopic (exact) mass is 380 g/mol. The van der Waals surface area contributed by atoms with Crippen molar-refractivity contribution in [3.63, 3.8) is 0 Å². The molecule has 4 aliphatic heterocycles. The van der Waals surface area contributed by atoms with Gasteiger partial charge in [0.15, 0.2) is 5.90 Å². The molecule has 0 saturated carbocycles. The molecule has 0 radical (unpaired) electrons. The predicted octanol–water partition coefficient (Wildman–Crippen LogP) is 4.50. The van der Waals surface area contributed by atoms with Crippen molar-refractivity contribution in [2.75, 3.05) is 44.3 Å². The van der Waals surface area contributed by atoms with Crippen LogP contribution in [0.15, 0.2) is 20.0 Å². The molecule has 0 spiro atoms. The van der Waals surface area contributed by atoms with Crippen LogP contribution in [-0.4, -0.2) is 67.3 Å². The van der Waals surface area contributed by atoms with Gasteiger partial charge in [-0.2, -0.15) is 11.8 Å². The molecule has 26 heavy (non-hydrogen) atoms. The van der Waals surface area contributed by atoms with Gasteiger partial charge in [0, 0.05) is 55.2 Å². The highest BCUT2D eigenvalue weighted by Crippen LogP contribution is 2.05. The average molecular weight is 381 g/mol. The van der Waals surface area contributed by atoms with Crippen molar-refractivity contribution in [2.45, 2.75) is 59.8 Å². The zero-order chi connectivity index (χ0) is 19.0. The standard InChI is InChI=1S/C6H11N.C5H9NS.C5H9N.C4H7NO/c1-6-4-2-3-5-7-6;1-5-4-7-3-2-6-5;1-5-3-2-4-6-5;1-4-5-2-3-6-4/h2-5H2,1H3;2-4H2,1H3;2-4H2,1H3;2-3H2,1H3. The summed E-state index contributed by atoms with van der Waals surface area (Å²) in [6, 6.07) is 0. The minimum Gasteiger partial charge on any atom is -0.479 e. The Morgan fingerprint density at radius 1 is 0.692 bits per heavy atom. The first-order valence-electron chi connectivity index (χ1n) is 9.79. The van der Waals surface area contributed by atoms with Gasteiger partial charge >= 0.3 is 0 Å². The summed E-state index contributed by atoms with van der Waals surface area (Å²) in [6.07, 6.45) is 6.42. The van der Waals surface area contributed by atoms with Crippen LogP contribution in [0, 0.1) is 0 Å². The van der Waals surface area contributed by atoms with Crippen molar-refractivity contribution in [2.24, 2.45) is 20.0 Å². The van der Waals surface area contributed by atoms with Crippen molar-refractivity contribution in [3.05, 3.63) is 0 Å². The summed E-state index contributed by atoms with van der Waals surface area (Å²) < 4.78 is 4.90. The first kappa shape index (κ1) is 22.9. The third-order valence-corrected chi connectivity index (χ3v) is 5.16. The summed E-state index contributed by atoms with van der Waals surface area (Å²) >= 11 is 1.97. The summed E-state index contributed by atoms with van der Waals surface area (Å²) in [4.78, 5) is 16.6. The van der Waals surface area contributed by atoms with Crippen LogP contribution in [0.1, 0.15) is 59.8 Å². The third-order valence-electron chi connectivity index (χ3n) is 4.07. The first-order chi connectivity index (χ1) is 12.6. The molecule has 0 saturated heterocycles. The largest absolute Gasteiger partial charge is 0.479 e. The molecule has 0 unspecified atom stereocenters. The molecule has 0 aromatic heterocycles. The van der Waals surface area contributed by atoms with Crippen LogP contribution >= 0.6 is 11.8 Å². The smallest absolute Gasteiger partial charge is 0.180 e. The summed E-state index contributed by atoms with van der Waals surface area (Å²) in [5, 5.41) is 0. The number of aliphatic imine (C=N–C) groups is 4. The third kappa shape index (κ3) is 13.1. The minimum absolute atomic E-state index is 0.784. The van der Waals surface area contributed by atoms with Gasteiger partial charge < -0.3 is 4.74 Å². The predicted molar refractivity (Wildman–Crippen MR) is 118 cm³/mol. The zero-order valence-electron chi connectivity index (χ0n) is 17.1. The van der Waals surface area contributed by atoms with Gasteiger partial charge in [0.25, 0.3) is 0 Å². The van der Waals surface area contributed by atoms with Gasteiger partial charge in [0.05, 0.1) is 6.54 Å². The second-order valence-corrected chi connectivity index (χ2v) is 7.82. The molecular formula is C20H36N4OS. The Labute approximate surface area is 163 Å². The Kier molecular flexibility index (Phi) is 13.1. The van der Waals surface area contributed by atoms with E-state index in [1.165, 1.54) is 55.0 Å². The fourth-order valence-electron chi connectivity index (χ4n) is 2.53. The molecule has 0 fully saturated rings. The van der Waals surface area contributed by atoms with E-state index in [0.29, 0.717) is 0 Å². The molecule has 0 N–H and O–H groups in total. The Balaban J connectivity index is 0.000000174. The lowest BCUT2D eigenvalue weighted by Crippen LogP contribution is -2.05. The minimum atomic E-state index is 0.784. The van der Waals surface area contributed by atoms with Gasteiger partial charge in [0.1, 0.15) is 6.61 Å². The van der Waals surface area contributed by atoms with Crippen LogP contribution in [0.3, 0.4) is 0 Å². The van der Waals surface area contributed by atoms with Crippen LogP contribution in [0.5, 0.6) is 0 Å². The second kappa shape index (κ2) is 14.9. The molecule has 0 aliphatic carbocycles. The second-order valence-electron chi connectivity index (χ2n) is 6.71. The normalized spacial score (nSPS) is 21.1. The number of thioether (sulfide) groups is 1. The van der Waals surface area contributed by atoms with E-state index in [0.717, 1.165) is 44.4 Å². The van der Waals surface area contributed by atoms with Gasteiger partial charge in [0.2, 0.25) is 0 Å². The van der Waals surface area contributed by atoms with Crippen LogP contribution in [0.25, 0.3) is 0 Å². The molecule has 0 aromatic rings. The number of rotatable bonds is 0. The number of nitrogens with zero attached hydrogens (tertiary/aromatic N) is 4. The number of ether oxygens (including phenoxy) is 1. The highest BCUT2D eigenvalue weighted by atomic mass is 32.2. The summed E-state index contributed by atoms with van der Waals surface area (Å²) in [7, 11) is 0. The number of hydrogen-bond acceptors (Lipinski definition) is 6. The highest BCUT2D eigenvalue weighted by molar-refractivity contribution is 8.00. The van der Waals surface area contributed by atoms with Crippen LogP contribution in [-0.2, 0) is 4.74 Å². The maximum Gasteiger partial charge on any atom is 0.180 e. The molecule has 0 atom stereocenters. The van der Waals surface area contributed by atoms with Crippen molar-refractivity contribution < 1.29 is 4.74 Å². The molecule has 5 nitrogen and oxygen atoms in total. The highest BCUT2D eigenvalue weighted by Gasteiger charge is 1.98. The lowest BCUT2D eigenvalue weighted by atomic mass is 10.1. The maximum absolute atomic E-state index is 4.90. The Bertz CT molecular complexity index is 466. The molecule has 6 heteroatoms. The van der Waals surface area contributed by atoms with E-state index in [4.69, 9.17) is 4.74 Å². The Morgan fingerprint density at radius 2 is 1.35 bits per heavy atom. The molecule has 4 heterocycles. The van der Waals surface area contributed by atoms with E-state index < -0.39 is 0 Å². The summed E-state index contributed by atoms with van der Waals surface area (Å²) in [6.45, 7) is 13.0. The van der Waals surface area contributed by atoms with Crippen LogP contribution in [0.2, 0.25) is 0 Å². The molecule has 0 aromatic carbocycles. The molecular weight excluding hydrogens is 344 g/mol. The van der Waals surface area contributed by atoms with Gasteiger partial charge in [-0.3, -0.25) is 20.0 Å². The zero-order valence-corrected chi connectivity index (χ0v) is 17.9.